The van der Waals surface area contributed by atoms with Gasteiger partial charge in [-0.2, -0.15) is 4.98 Å². The van der Waals surface area contributed by atoms with E-state index >= 15 is 0 Å². The monoisotopic (exact) mass is 541 g/mol. The number of benzene rings is 3. The highest BCUT2D eigenvalue weighted by Gasteiger charge is 2.40. The van der Waals surface area contributed by atoms with Crippen molar-refractivity contribution in [1.29, 1.82) is 0 Å². The van der Waals surface area contributed by atoms with Gasteiger partial charge < -0.3 is 29.6 Å². The Labute approximate surface area is 231 Å². The van der Waals surface area contributed by atoms with Crippen LogP contribution in [0.3, 0.4) is 0 Å². The predicted molar refractivity (Wildman–Crippen MR) is 151 cm³/mol. The van der Waals surface area contributed by atoms with E-state index < -0.39 is 23.4 Å². The average Bonchev–Trinajstić information content (AvgIpc) is 3.39. The zero-order valence-electron chi connectivity index (χ0n) is 22.4. The molecule has 4 N–H and O–H groups in total. The molecule has 5 rings (SSSR count). The van der Waals surface area contributed by atoms with Gasteiger partial charge in [0, 0.05) is 0 Å². The second kappa shape index (κ2) is 11.2. The number of aromatic nitrogens is 4. The molecule has 0 amide bonds. The van der Waals surface area contributed by atoms with E-state index in [0.29, 0.717) is 11.5 Å². The molecule has 10 nitrogen and oxygen atoms in total. The molecule has 206 valence electrons. The van der Waals surface area contributed by atoms with Gasteiger partial charge in [0.05, 0.1) is 39.3 Å². The minimum Gasteiger partial charge on any atom is -0.497 e. The Morgan fingerprint density at radius 1 is 0.925 bits per heavy atom. The number of imidazole rings is 1. The summed E-state index contributed by atoms with van der Waals surface area (Å²) in [6.07, 6.45) is -0.236. The van der Waals surface area contributed by atoms with E-state index in [4.69, 9.17) is 19.9 Å². The Bertz CT molecular complexity index is 1580. The van der Waals surface area contributed by atoms with Crippen LogP contribution in [0.25, 0.3) is 11.2 Å². The predicted octanol–water partition coefficient (Wildman–Crippen LogP) is 3.48. The average molecular weight is 542 g/mol. The maximum absolute atomic E-state index is 12.2. The minimum absolute atomic E-state index is 0.0276. The zero-order chi connectivity index (χ0) is 28.3. The Hall–Kier alpha value is -4.67. The number of nitrogens with zero attached hydrogens (tertiary/aromatic N) is 3. The van der Waals surface area contributed by atoms with Crippen molar-refractivity contribution < 1.29 is 19.3 Å². The Morgan fingerprint density at radius 2 is 1.48 bits per heavy atom. The molecular weight excluding hydrogens is 510 g/mol. The smallest absolute Gasteiger partial charge is 0.280 e. The van der Waals surface area contributed by atoms with Crippen LogP contribution >= 0.6 is 0 Å². The van der Waals surface area contributed by atoms with Gasteiger partial charge in [0.1, 0.15) is 17.1 Å². The number of nitrogens with two attached hydrogens (primary N) is 1. The summed E-state index contributed by atoms with van der Waals surface area (Å²) in [5.41, 5.74) is 7.20. The van der Waals surface area contributed by atoms with Gasteiger partial charge in [-0.1, -0.05) is 54.6 Å². The van der Waals surface area contributed by atoms with Crippen LogP contribution in [0.2, 0.25) is 0 Å². The number of H-pyrrole nitrogens is 1. The van der Waals surface area contributed by atoms with Crippen molar-refractivity contribution in [2.75, 3.05) is 20.0 Å². The third-order valence-electron chi connectivity index (χ3n) is 6.95. The highest BCUT2D eigenvalue weighted by molar-refractivity contribution is 5.70. The number of nitrogens with one attached hydrogen (secondary N) is 1. The van der Waals surface area contributed by atoms with E-state index in [9.17, 15) is 9.90 Å². The Kier molecular flexibility index (Phi) is 7.54. The fourth-order valence-corrected chi connectivity index (χ4v) is 4.84. The molecule has 2 aromatic heterocycles. The molecule has 0 saturated heterocycles. The fourth-order valence-electron chi connectivity index (χ4n) is 4.84. The summed E-state index contributed by atoms with van der Waals surface area (Å²) >= 11 is 0. The van der Waals surface area contributed by atoms with Crippen molar-refractivity contribution in [2.24, 2.45) is 0 Å². The number of methoxy groups -OCH3 is 2. The first-order valence-corrected chi connectivity index (χ1v) is 12.8. The molecule has 0 saturated carbocycles. The summed E-state index contributed by atoms with van der Waals surface area (Å²) in [5, 5.41) is 11.4. The summed E-state index contributed by atoms with van der Waals surface area (Å²) in [6.45, 7) is 1.88. The standard InChI is InChI=1S/C30H31N5O5/c1-19(25(36)17-35-18-32-26-27(35)33-29(31)34-28(26)37)40-30(20-7-5-4-6-8-20,21-9-13-23(38-2)14-10-21)22-11-15-24(39-3)16-12-22/h4-16,18-19,25,36H,17H2,1-3H3,(H3,31,33,34,37)/t19-,25+/m1/s1. The van der Waals surface area contributed by atoms with Crippen molar-refractivity contribution >= 4 is 17.1 Å². The number of aromatic amines is 1. The number of ether oxygens (including phenoxy) is 3. The molecule has 0 aliphatic carbocycles. The first-order valence-electron chi connectivity index (χ1n) is 12.8. The number of rotatable bonds is 10. The lowest BCUT2D eigenvalue weighted by Crippen LogP contribution is -2.41. The number of nitrogen functional groups attached to an aromatic ring is 1. The van der Waals surface area contributed by atoms with Crippen molar-refractivity contribution in [1.82, 2.24) is 19.5 Å². The SMILES string of the molecule is COc1ccc(C(O[C@H](C)[C@@H](O)Cn2cnc3c(=O)[nH]c(N)nc32)(c2ccccc2)c2ccc(OC)cc2)cc1. The molecule has 0 spiro atoms. The zero-order valence-corrected chi connectivity index (χ0v) is 22.4. The molecule has 0 radical (unpaired) electrons. The second-order valence-electron chi connectivity index (χ2n) is 9.41. The maximum Gasteiger partial charge on any atom is 0.280 e. The third-order valence-corrected chi connectivity index (χ3v) is 6.95. The summed E-state index contributed by atoms with van der Waals surface area (Å²) in [7, 11) is 3.24. The van der Waals surface area contributed by atoms with Crippen LogP contribution in [0.15, 0.2) is 90.0 Å². The van der Waals surface area contributed by atoms with Gasteiger partial charge in [-0.3, -0.25) is 9.78 Å². The van der Waals surface area contributed by atoms with Gasteiger partial charge in [0.2, 0.25) is 5.95 Å². The highest BCUT2D eigenvalue weighted by atomic mass is 16.5. The number of aliphatic hydroxyl groups excluding tert-OH is 1. The highest BCUT2D eigenvalue weighted by Crippen LogP contribution is 2.43. The van der Waals surface area contributed by atoms with E-state index in [1.54, 1.807) is 18.8 Å². The maximum atomic E-state index is 12.2. The number of hydrogen-bond donors (Lipinski definition) is 3. The van der Waals surface area contributed by atoms with Crippen LogP contribution in [0, 0.1) is 0 Å². The Balaban J connectivity index is 1.58. The van der Waals surface area contributed by atoms with Gasteiger partial charge in [-0.25, -0.2) is 4.98 Å². The summed E-state index contributed by atoms with van der Waals surface area (Å²) in [4.78, 5) is 23.0. The van der Waals surface area contributed by atoms with Crippen LogP contribution < -0.4 is 20.8 Å². The van der Waals surface area contributed by atoms with E-state index in [2.05, 4.69) is 15.0 Å². The van der Waals surface area contributed by atoms with Gasteiger partial charge in [0.15, 0.2) is 11.2 Å². The molecule has 10 heteroatoms. The number of anilines is 1. The molecule has 3 aromatic carbocycles. The second-order valence-corrected chi connectivity index (χ2v) is 9.41. The summed E-state index contributed by atoms with van der Waals surface area (Å²) < 4.78 is 19.3. The summed E-state index contributed by atoms with van der Waals surface area (Å²) in [5.74, 6) is 1.39. The van der Waals surface area contributed by atoms with E-state index in [-0.39, 0.29) is 23.7 Å². The lowest BCUT2D eigenvalue weighted by molar-refractivity contribution is -0.0967. The van der Waals surface area contributed by atoms with Crippen LogP contribution in [0.4, 0.5) is 5.95 Å². The van der Waals surface area contributed by atoms with Crippen molar-refractivity contribution in [3.63, 3.8) is 0 Å². The van der Waals surface area contributed by atoms with Gasteiger partial charge in [0.25, 0.3) is 5.56 Å². The fraction of sp³-hybridized carbons (Fsp3) is 0.233. The Morgan fingerprint density at radius 3 is 2.02 bits per heavy atom. The van der Waals surface area contributed by atoms with Crippen molar-refractivity contribution in [3.05, 3.63) is 112 Å². The molecule has 40 heavy (non-hydrogen) atoms. The van der Waals surface area contributed by atoms with Gasteiger partial charge in [-0.05, 0) is 47.9 Å². The minimum atomic E-state index is -1.10. The van der Waals surface area contributed by atoms with Crippen LogP contribution in [0.1, 0.15) is 23.6 Å². The van der Waals surface area contributed by atoms with Crippen LogP contribution in [0.5, 0.6) is 11.5 Å². The number of fused-ring (bicyclic) bond motifs is 1. The van der Waals surface area contributed by atoms with Gasteiger partial charge >= 0.3 is 0 Å². The molecule has 0 bridgehead atoms. The quantitative estimate of drug-likeness (QED) is 0.229. The van der Waals surface area contributed by atoms with Crippen molar-refractivity contribution in [2.45, 2.75) is 31.3 Å². The number of hydrogen-bond acceptors (Lipinski definition) is 8. The molecule has 2 heterocycles. The topological polar surface area (TPSA) is 138 Å². The van der Waals surface area contributed by atoms with Crippen LogP contribution in [-0.2, 0) is 16.9 Å². The lowest BCUT2D eigenvalue weighted by Gasteiger charge is -2.39. The molecule has 2 atom stereocenters. The summed E-state index contributed by atoms with van der Waals surface area (Å²) in [6, 6.07) is 25.2. The van der Waals surface area contributed by atoms with E-state index in [1.165, 1.54) is 6.33 Å². The molecule has 5 aromatic rings. The third kappa shape index (κ3) is 5.02. The van der Waals surface area contributed by atoms with E-state index in [1.807, 2.05) is 85.8 Å². The van der Waals surface area contributed by atoms with Gasteiger partial charge in [-0.15, -0.1) is 0 Å². The normalized spacial score (nSPS) is 13.2. The molecular formula is C30H31N5O5. The lowest BCUT2D eigenvalue weighted by atomic mass is 9.79. The molecule has 0 fully saturated rings. The first kappa shape index (κ1) is 26.9. The largest absolute Gasteiger partial charge is 0.497 e. The molecule has 0 aliphatic heterocycles. The number of aliphatic hydroxyl groups is 1. The van der Waals surface area contributed by atoms with Crippen molar-refractivity contribution in [3.8, 4) is 11.5 Å². The molecule has 0 aliphatic rings. The molecule has 0 unspecified atom stereocenters. The first-order chi connectivity index (χ1) is 19.3. The van der Waals surface area contributed by atoms with Crippen LogP contribution in [-0.4, -0.2) is 51.1 Å². The van der Waals surface area contributed by atoms with E-state index in [0.717, 1.165) is 16.7 Å².